The highest BCUT2D eigenvalue weighted by Crippen LogP contribution is 2.32. The van der Waals surface area contributed by atoms with E-state index in [-0.39, 0.29) is 5.82 Å². The average molecular weight is 255 g/mol. The number of hydrogen-bond acceptors (Lipinski definition) is 2. The third-order valence-corrected chi connectivity index (χ3v) is 3.35. The van der Waals surface area contributed by atoms with E-state index in [1.54, 1.807) is 13.2 Å². The Kier molecular flexibility index (Phi) is 3.03. The molecule has 3 rings (SSSR count). The van der Waals surface area contributed by atoms with Gasteiger partial charge in [0.2, 0.25) is 0 Å². The lowest BCUT2D eigenvalue weighted by Gasteiger charge is -2.06. The van der Waals surface area contributed by atoms with Crippen molar-refractivity contribution in [3.05, 3.63) is 59.4 Å². The molecule has 0 saturated heterocycles. The molecule has 0 aromatic heterocycles. The van der Waals surface area contributed by atoms with Crippen molar-refractivity contribution in [2.75, 3.05) is 7.11 Å². The molecule has 0 heterocycles. The normalized spacial score (nSPS) is 15.6. The first-order valence-electron chi connectivity index (χ1n) is 6.27. The standard InChI is InChI=1S/C16H14FNO/c1-19-16-7-3-6-13-14(16)8-9-15(13)18-12-5-2-4-11(17)10-12/h2-7,10H,8-9H2,1H3. The summed E-state index contributed by atoms with van der Waals surface area (Å²) in [6.45, 7) is 0. The Bertz CT molecular complexity index is 649. The smallest absolute Gasteiger partial charge is 0.125 e. The Morgan fingerprint density at radius 3 is 2.74 bits per heavy atom. The van der Waals surface area contributed by atoms with Crippen LogP contribution in [0, 0.1) is 5.82 Å². The van der Waals surface area contributed by atoms with Crippen LogP contribution in [0.2, 0.25) is 0 Å². The summed E-state index contributed by atoms with van der Waals surface area (Å²) in [5.74, 6) is 0.646. The number of ether oxygens (including phenoxy) is 1. The van der Waals surface area contributed by atoms with Crippen LogP contribution in [-0.2, 0) is 6.42 Å². The summed E-state index contributed by atoms with van der Waals surface area (Å²) in [4.78, 5) is 4.56. The maximum atomic E-state index is 13.2. The maximum Gasteiger partial charge on any atom is 0.125 e. The number of halogens is 1. The third kappa shape index (κ3) is 2.24. The molecule has 0 radical (unpaired) electrons. The minimum atomic E-state index is -0.259. The van der Waals surface area contributed by atoms with E-state index in [9.17, 15) is 4.39 Å². The SMILES string of the molecule is COc1cccc2c1CCC2=Nc1cccc(F)c1. The van der Waals surface area contributed by atoms with Crippen LogP contribution < -0.4 is 4.74 Å². The lowest BCUT2D eigenvalue weighted by atomic mass is 10.1. The molecule has 1 aliphatic carbocycles. The Hall–Kier alpha value is -2.16. The van der Waals surface area contributed by atoms with E-state index in [0.29, 0.717) is 5.69 Å². The number of rotatable bonds is 2. The van der Waals surface area contributed by atoms with Gasteiger partial charge in [-0.2, -0.15) is 0 Å². The summed E-state index contributed by atoms with van der Waals surface area (Å²) in [6.07, 6.45) is 1.79. The highest BCUT2D eigenvalue weighted by Gasteiger charge is 2.20. The molecule has 1 aliphatic rings. The van der Waals surface area contributed by atoms with Gasteiger partial charge in [0.15, 0.2) is 0 Å². The molecular formula is C16H14FNO. The van der Waals surface area contributed by atoms with Gasteiger partial charge in [-0.15, -0.1) is 0 Å². The largest absolute Gasteiger partial charge is 0.496 e. The number of aliphatic imine (C=N–C) groups is 1. The van der Waals surface area contributed by atoms with Crippen LogP contribution in [0.25, 0.3) is 0 Å². The molecule has 3 heteroatoms. The topological polar surface area (TPSA) is 21.6 Å². The quantitative estimate of drug-likeness (QED) is 0.797. The number of fused-ring (bicyclic) bond motifs is 1. The van der Waals surface area contributed by atoms with Crippen LogP contribution in [0.4, 0.5) is 10.1 Å². The summed E-state index contributed by atoms with van der Waals surface area (Å²) in [6, 6.07) is 12.3. The van der Waals surface area contributed by atoms with E-state index in [1.807, 2.05) is 24.3 Å². The second-order valence-corrected chi connectivity index (χ2v) is 4.52. The first-order chi connectivity index (χ1) is 9.28. The molecule has 0 spiro atoms. The number of hydrogen-bond donors (Lipinski definition) is 0. The molecule has 0 bridgehead atoms. The van der Waals surface area contributed by atoms with Crippen LogP contribution in [0.3, 0.4) is 0 Å². The lowest BCUT2D eigenvalue weighted by Crippen LogP contribution is -1.95. The summed E-state index contributed by atoms with van der Waals surface area (Å²) >= 11 is 0. The molecule has 2 aromatic rings. The van der Waals surface area contributed by atoms with E-state index in [2.05, 4.69) is 4.99 Å². The summed E-state index contributed by atoms with van der Waals surface area (Å²) < 4.78 is 18.5. The number of methoxy groups -OCH3 is 1. The molecule has 19 heavy (non-hydrogen) atoms. The van der Waals surface area contributed by atoms with Crippen molar-refractivity contribution in [2.24, 2.45) is 4.99 Å². The van der Waals surface area contributed by atoms with E-state index in [4.69, 9.17) is 4.74 Å². The van der Waals surface area contributed by atoms with Crippen LogP contribution in [0.5, 0.6) is 5.75 Å². The van der Waals surface area contributed by atoms with E-state index >= 15 is 0 Å². The molecule has 0 fully saturated rings. The van der Waals surface area contributed by atoms with Crippen molar-refractivity contribution < 1.29 is 9.13 Å². The van der Waals surface area contributed by atoms with Gasteiger partial charge >= 0.3 is 0 Å². The first-order valence-corrected chi connectivity index (χ1v) is 6.27. The first kappa shape index (κ1) is 11.9. The summed E-state index contributed by atoms with van der Waals surface area (Å²) in [5, 5.41) is 0. The Labute approximate surface area is 111 Å². The number of nitrogens with zero attached hydrogens (tertiary/aromatic N) is 1. The summed E-state index contributed by atoms with van der Waals surface area (Å²) in [7, 11) is 1.68. The second-order valence-electron chi connectivity index (χ2n) is 4.52. The molecule has 0 saturated carbocycles. The van der Waals surface area contributed by atoms with Crippen LogP contribution >= 0.6 is 0 Å². The van der Waals surface area contributed by atoms with Crippen molar-refractivity contribution >= 4 is 11.4 Å². The second kappa shape index (κ2) is 4.84. The molecule has 0 N–H and O–H groups in total. The monoisotopic (exact) mass is 255 g/mol. The van der Waals surface area contributed by atoms with Crippen molar-refractivity contribution in [1.29, 1.82) is 0 Å². The number of benzene rings is 2. The van der Waals surface area contributed by atoms with Crippen molar-refractivity contribution in [3.63, 3.8) is 0 Å². The Morgan fingerprint density at radius 1 is 1.11 bits per heavy atom. The van der Waals surface area contributed by atoms with Crippen LogP contribution in [-0.4, -0.2) is 12.8 Å². The van der Waals surface area contributed by atoms with Crippen molar-refractivity contribution in [1.82, 2.24) is 0 Å². The van der Waals surface area contributed by atoms with Gasteiger partial charge < -0.3 is 4.74 Å². The van der Waals surface area contributed by atoms with Crippen molar-refractivity contribution in [2.45, 2.75) is 12.8 Å². The fourth-order valence-electron chi connectivity index (χ4n) is 2.48. The van der Waals surface area contributed by atoms with Gasteiger partial charge in [0.1, 0.15) is 11.6 Å². The predicted octanol–water partition coefficient (Wildman–Crippen LogP) is 3.90. The molecule has 0 aliphatic heterocycles. The Morgan fingerprint density at radius 2 is 1.95 bits per heavy atom. The molecule has 96 valence electrons. The minimum absolute atomic E-state index is 0.259. The van der Waals surface area contributed by atoms with Gasteiger partial charge in [-0.3, -0.25) is 4.99 Å². The van der Waals surface area contributed by atoms with Gasteiger partial charge in [-0.25, -0.2) is 4.39 Å². The van der Waals surface area contributed by atoms with Gasteiger partial charge in [-0.05, 0) is 37.1 Å². The fourth-order valence-corrected chi connectivity index (χ4v) is 2.48. The van der Waals surface area contributed by atoms with E-state index < -0.39 is 0 Å². The molecule has 0 amide bonds. The van der Waals surface area contributed by atoms with Gasteiger partial charge in [0.05, 0.1) is 12.8 Å². The van der Waals surface area contributed by atoms with Crippen LogP contribution in [0.15, 0.2) is 47.5 Å². The minimum Gasteiger partial charge on any atom is -0.496 e. The fraction of sp³-hybridized carbons (Fsp3) is 0.188. The zero-order valence-corrected chi connectivity index (χ0v) is 10.7. The average Bonchev–Trinajstić information content (AvgIpc) is 2.82. The van der Waals surface area contributed by atoms with Gasteiger partial charge in [0.25, 0.3) is 0 Å². The van der Waals surface area contributed by atoms with E-state index in [0.717, 1.165) is 29.9 Å². The molecule has 2 aromatic carbocycles. The Balaban J connectivity index is 2.03. The lowest BCUT2D eigenvalue weighted by molar-refractivity contribution is 0.410. The molecule has 2 nitrogen and oxygen atoms in total. The zero-order valence-electron chi connectivity index (χ0n) is 10.7. The highest BCUT2D eigenvalue weighted by molar-refractivity contribution is 6.06. The molecule has 0 unspecified atom stereocenters. The summed E-state index contributed by atoms with van der Waals surface area (Å²) in [5.41, 5.74) is 3.97. The highest BCUT2D eigenvalue weighted by atomic mass is 19.1. The molecule has 0 atom stereocenters. The third-order valence-electron chi connectivity index (χ3n) is 3.35. The maximum absolute atomic E-state index is 13.2. The molecular weight excluding hydrogens is 241 g/mol. The van der Waals surface area contributed by atoms with Gasteiger partial charge in [0, 0.05) is 16.8 Å². The van der Waals surface area contributed by atoms with Crippen molar-refractivity contribution in [3.8, 4) is 5.75 Å². The zero-order chi connectivity index (χ0) is 13.2. The predicted molar refractivity (Wildman–Crippen MR) is 73.9 cm³/mol. The van der Waals surface area contributed by atoms with Gasteiger partial charge in [-0.1, -0.05) is 18.2 Å². The van der Waals surface area contributed by atoms with E-state index in [1.165, 1.54) is 17.7 Å². The van der Waals surface area contributed by atoms with Crippen LogP contribution in [0.1, 0.15) is 17.5 Å².